The molecule has 3 aliphatic heterocycles. The fraction of sp³-hybridized carbons (Fsp3) is 0.923. The second-order valence-electron chi connectivity index (χ2n) is 6.18. The highest BCUT2D eigenvalue weighted by Crippen LogP contribution is 2.33. The van der Waals surface area contributed by atoms with E-state index in [4.69, 9.17) is 9.47 Å². The molecular formula is C13H23N3O3. The minimum atomic E-state index is -0.538. The summed E-state index contributed by atoms with van der Waals surface area (Å²) < 4.78 is 11.5. The first-order chi connectivity index (χ1) is 8.94. The fourth-order valence-corrected chi connectivity index (χ4v) is 3.07. The Morgan fingerprint density at radius 2 is 1.89 bits per heavy atom. The molecule has 0 aromatic heterocycles. The van der Waals surface area contributed by atoms with Gasteiger partial charge < -0.3 is 19.3 Å². The largest absolute Gasteiger partial charge is 0.343 e. The van der Waals surface area contributed by atoms with Crippen molar-refractivity contribution < 1.29 is 14.3 Å². The van der Waals surface area contributed by atoms with Crippen molar-refractivity contribution in [3.63, 3.8) is 0 Å². The highest BCUT2D eigenvalue weighted by Gasteiger charge is 2.49. The molecule has 0 spiro atoms. The van der Waals surface area contributed by atoms with Gasteiger partial charge in [-0.2, -0.15) is 0 Å². The zero-order valence-corrected chi connectivity index (χ0v) is 11.9. The van der Waals surface area contributed by atoms with Gasteiger partial charge in [0.15, 0.2) is 5.79 Å². The molecule has 6 nitrogen and oxygen atoms in total. The fourth-order valence-electron chi connectivity index (χ4n) is 3.07. The number of hydrogen-bond acceptors (Lipinski definition) is 5. The number of rotatable bonds is 1. The summed E-state index contributed by atoms with van der Waals surface area (Å²) in [5.41, 5.74) is 0. The molecule has 3 aliphatic rings. The molecular weight excluding hydrogens is 246 g/mol. The van der Waals surface area contributed by atoms with Gasteiger partial charge in [0.25, 0.3) is 0 Å². The number of amides is 1. The molecule has 3 atom stereocenters. The molecule has 6 heteroatoms. The predicted octanol–water partition coefficient (Wildman–Crippen LogP) is -0.400. The number of carbonyl (C=O) groups is 1. The quantitative estimate of drug-likeness (QED) is 0.702. The van der Waals surface area contributed by atoms with Gasteiger partial charge in [-0.15, -0.1) is 0 Å². The van der Waals surface area contributed by atoms with E-state index in [1.807, 2.05) is 18.7 Å². The molecule has 1 unspecified atom stereocenters. The highest BCUT2D eigenvalue weighted by atomic mass is 16.8. The van der Waals surface area contributed by atoms with Gasteiger partial charge in [-0.25, -0.2) is 0 Å². The lowest BCUT2D eigenvalue weighted by atomic mass is 10.1. The van der Waals surface area contributed by atoms with Gasteiger partial charge in [0, 0.05) is 32.6 Å². The Morgan fingerprint density at radius 1 is 1.21 bits per heavy atom. The molecule has 0 radical (unpaired) electrons. The van der Waals surface area contributed by atoms with Crippen molar-refractivity contribution in [1.29, 1.82) is 0 Å². The minimum Gasteiger partial charge on any atom is -0.343 e. The van der Waals surface area contributed by atoms with Gasteiger partial charge >= 0.3 is 0 Å². The molecule has 1 N–H and O–H groups in total. The maximum atomic E-state index is 12.4. The number of carbonyl (C=O) groups excluding carboxylic acids is 1. The average Bonchev–Trinajstić information content (AvgIpc) is 2.82. The summed E-state index contributed by atoms with van der Waals surface area (Å²) in [5.74, 6) is -0.350. The van der Waals surface area contributed by atoms with Crippen LogP contribution in [-0.2, 0) is 14.3 Å². The van der Waals surface area contributed by atoms with Crippen molar-refractivity contribution in [2.24, 2.45) is 0 Å². The van der Waals surface area contributed by atoms with Crippen LogP contribution in [0.4, 0.5) is 0 Å². The van der Waals surface area contributed by atoms with Crippen molar-refractivity contribution in [2.45, 2.75) is 44.4 Å². The molecule has 1 amide bonds. The Bertz CT molecular complexity index is 350. The topological polar surface area (TPSA) is 54.0 Å². The van der Waals surface area contributed by atoms with Crippen LogP contribution in [0.1, 0.15) is 20.3 Å². The summed E-state index contributed by atoms with van der Waals surface area (Å²) in [4.78, 5) is 16.6. The van der Waals surface area contributed by atoms with E-state index in [1.54, 1.807) is 0 Å². The van der Waals surface area contributed by atoms with E-state index in [1.165, 1.54) is 0 Å². The van der Waals surface area contributed by atoms with E-state index in [-0.39, 0.29) is 24.3 Å². The summed E-state index contributed by atoms with van der Waals surface area (Å²) in [6.07, 6.45) is 0.562. The molecule has 108 valence electrons. The molecule has 0 aromatic carbocycles. The van der Waals surface area contributed by atoms with E-state index in [9.17, 15) is 4.79 Å². The van der Waals surface area contributed by atoms with Crippen molar-refractivity contribution in [3.05, 3.63) is 0 Å². The second-order valence-corrected chi connectivity index (χ2v) is 6.18. The molecule has 0 aromatic rings. The first kappa shape index (κ1) is 13.3. The van der Waals surface area contributed by atoms with Crippen molar-refractivity contribution in [2.75, 3.05) is 33.2 Å². The van der Waals surface area contributed by atoms with Gasteiger partial charge in [0.2, 0.25) is 5.91 Å². The van der Waals surface area contributed by atoms with Crippen LogP contribution in [0.3, 0.4) is 0 Å². The van der Waals surface area contributed by atoms with E-state index in [0.717, 1.165) is 26.2 Å². The highest BCUT2D eigenvalue weighted by molar-refractivity contribution is 5.82. The number of nitrogens with zero attached hydrogens (tertiary/aromatic N) is 2. The van der Waals surface area contributed by atoms with Crippen molar-refractivity contribution in [3.8, 4) is 0 Å². The Labute approximate surface area is 114 Å². The van der Waals surface area contributed by atoms with E-state index in [2.05, 4.69) is 17.3 Å². The standard InChI is InChI=1S/C13H23N3O3/c1-13(2)18-10-8-9(14-11(10)19-13)12(17)16-6-4-15(3)5-7-16/h9-11,14H,4-8H2,1-3H3/t9?,10-,11-/m1/s1. The zero-order chi connectivity index (χ0) is 13.6. The number of ether oxygens (including phenoxy) is 2. The second kappa shape index (κ2) is 4.70. The summed E-state index contributed by atoms with van der Waals surface area (Å²) in [5, 5.41) is 3.26. The first-order valence-electron chi connectivity index (χ1n) is 7.04. The summed E-state index contributed by atoms with van der Waals surface area (Å²) in [7, 11) is 2.09. The molecule has 3 fully saturated rings. The van der Waals surface area contributed by atoms with Crippen LogP contribution in [-0.4, -0.2) is 73.1 Å². The maximum absolute atomic E-state index is 12.4. The first-order valence-corrected chi connectivity index (χ1v) is 7.04. The molecule has 0 bridgehead atoms. The number of fused-ring (bicyclic) bond motifs is 1. The number of likely N-dealkylation sites (N-methyl/N-ethyl adjacent to an activating group) is 1. The van der Waals surface area contributed by atoms with Crippen LogP contribution >= 0.6 is 0 Å². The third-order valence-corrected chi connectivity index (χ3v) is 4.13. The molecule has 3 saturated heterocycles. The number of piperazine rings is 1. The predicted molar refractivity (Wildman–Crippen MR) is 69.4 cm³/mol. The number of nitrogens with one attached hydrogen (secondary N) is 1. The lowest BCUT2D eigenvalue weighted by Crippen LogP contribution is -2.53. The molecule has 0 saturated carbocycles. The lowest BCUT2D eigenvalue weighted by molar-refractivity contribution is -0.159. The molecule has 19 heavy (non-hydrogen) atoms. The van der Waals surface area contributed by atoms with Gasteiger partial charge in [0.1, 0.15) is 12.3 Å². The SMILES string of the molecule is CN1CCN(C(=O)C2C[C@H]3OC(C)(C)O[C@H]3N2)CC1. The van der Waals surface area contributed by atoms with E-state index < -0.39 is 5.79 Å². The minimum absolute atomic E-state index is 0.00332. The summed E-state index contributed by atoms with van der Waals surface area (Å²) in [6, 6.07) is -0.158. The third kappa shape index (κ3) is 2.63. The smallest absolute Gasteiger partial charge is 0.239 e. The zero-order valence-electron chi connectivity index (χ0n) is 11.9. The third-order valence-electron chi connectivity index (χ3n) is 4.13. The molecule has 3 heterocycles. The maximum Gasteiger partial charge on any atom is 0.239 e. The normalized spacial score (nSPS) is 38.5. The average molecular weight is 269 g/mol. The van der Waals surface area contributed by atoms with E-state index in [0.29, 0.717) is 6.42 Å². The molecule has 3 rings (SSSR count). The Balaban J connectivity index is 1.56. The summed E-state index contributed by atoms with van der Waals surface area (Å²) in [6.45, 7) is 7.34. The monoisotopic (exact) mass is 269 g/mol. The lowest BCUT2D eigenvalue weighted by Gasteiger charge is -2.34. The summed E-state index contributed by atoms with van der Waals surface area (Å²) >= 11 is 0. The van der Waals surface area contributed by atoms with Gasteiger partial charge in [-0.1, -0.05) is 0 Å². The number of hydrogen-bond donors (Lipinski definition) is 1. The van der Waals surface area contributed by atoms with Crippen LogP contribution < -0.4 is 5.32 Å². The van der Waals surface area contributed by atoms with Crippen LogP contribution in [0.2, 0.25) is 0 Å². The van der Waals surface area contributed by atoms with Crippen LogP contribution in [0.25, 0.3) is 0 Å². The van der Waals surface area contributed by atoms with Crippen LogP contribution in [0.5, 0.6) is 0 Å². The van der Waals surface area contributed by atoms with E-state index >= 15 is 0 Å². The Morgan fingerprint density at radius 3 is 2.53 bits per heavy atom. The van der Waals surface area contributed by atoms with Gasteiger partial charge in [-0.3, -0.25) is 10.1 Å². The van der Waals surface area contributed by atoms with Gasteiger partial charge in [0.05, 0.1) is 6.04 Å². The van der Waals surface area contributed by atoms with Gasteiger partial charge in [-0.05, 0) is 20.9 Å². The molecule has 0 aliphatic carbocycles. The van der Waals surface area contributed by atoms with Crippen LogP contribution in [0.15, 0.2) is 0 Å². The van der Waals surface area contributed by atoms with Crippen molar-refractivity contribution in [1.82, 2.24) is 15.1 Å². The van der Waals surface area contributed by atoms with Crippen molar-refractivity contribution >= 4 is 5.91 Å². The van der Waals surface area contributed by atoms with Crippen LogP contribution in [0, 0.1) is 0 Å². The Kier molecular flexibility index (Phi) is 3.29. The Hall–Kier alpha value is -0.690.